The van der Waals surface area contributed by atoms with Crippen molar-refractivity contribution in [2.75, 3.05) is 0 Å². The summed E-state index contributed by atoms with van der Waals surface area (Å²) in [6.07, 6.45) is -0.999. The maximum Gasteiger partial charge on any atom is 0.497 e. The van der Waals surface area contributed by atoms with Gasteiger partial charge in [0.2, 0.25) is 6.29 Å². The highest BCUT2D eigenvalue weighted by Gasteiger charge is 2.21. The van der Waals surface area contributed by atoms with E-state index in [0.717, 1.165) is 0 Å². The van der Waals surface area contributed by atoms with E-state index < -0.39 is 20.1 Å². The lowest BCUT2D eigenvalue weighted by molar-refractivity contribution is -0.318. The van der Waals surface area contributed by atoms with Gasteiger partial charge in [-0.3, -0.25) is 0 Å². The quantitative estimate of drug-likeness (QED) is 0.177. The first kappa shape index (κ1) is 14.3. The third-order valence-electron chi connectivity index (χ3n) is 1.17. The van der Waals surface area contributed by atoms with Gasteiger partial charge in [-0.05, 0) is 6.92 Å². The molecule has 0 saturated carbocycles. The van der Waals surface area contributed by atoms with Crippen LogP contribution in [0.5, 0.6) is 0 Å². The van der Waals surface area contributed by atoms with E-state index in [4.69, 9.17) is 9.79 Å². The second-order valence-electron chi connectivity index (χ2n) is 2.68. The van der Waals surface area contributed by atoms with Gasteiger partial charge in [0.05, 0.1) is 0 Å². The van der Waals surface area contributed by atoms with Crippen molar-refractivity contribution in [3.63, 3.8) is 0 Å². The van der Waals surface area contributed by atoms with E-state index in [9.17, 15) is 9.36 Å². The number of hydrogen-bond acceptors (Lipinski definition) is 5. The van der Waals surface area contributed by atoms with Gasteiger partial charge in [-0.1, -0.05) is 13.5 Å². The van der Waals surface area contributed by atoms with Crippen molar-refractivity contribution in [3.8, 4) is 0 Å². The minimum atomic E-state index is -4.74. The number of hydrogen-bond donors (Lipinski definition) is 2. The fourth-order valence-corrected chi connectivity index (χ4v) is 0.703. The number of phosphoric acid groups is 1. The van der Waals surface area contributed by atoms with Crippen molar-refractivity contribution in [3.05, 3.63) is 12.2 Å². The predicted molar refractivity (Wildman–Crippen MR) is 49.2 cm³/mol. The molecule has 0 aromatic heterocycles. The van der Waals surface area contributed by atoms with Crippen LogP contribution in [-0.4, -0.2) is 22.0 Å². The lowest BCUT2D eigenvalue weighted by Crippen LogP contribution is -2.20. The molecule has 0 aliphatic rings. The van der Waals surface area contributed by atoms with Crippen LogP contribution in [0.15, 0.2) is 12.2 Å². The molecule has 0 amide bonds. The van der Waals surface area contributed by atoms with E-state index in [2.05, 4.69) is 20.9 Å². The molecule has 0 fully saturated rings. The Morgan fingerprint density at radius 1 is 1.53 bits per heavy atom. The van der Waals surface area contributed by atoms with Gasteiger partial charge < -0.3 is 14.5 Å². The Kier molecular flexibility index (Phi) is 5.71. The van der Waals surface area contributed by atoms with Gasteiger partial charge in [-0.2, -0.15) is 4.89 Å². The van der Waals surface area contributed by atoms with Gasteiger partial charge in [0.1, 0.15) is 0 Å². The van der Waals surface area contributed by atoms with Crippen LogP contribution in [0.2, 0.25) is 0 Å². The van der Waals surface area contributed by atoms with Crippen molar-refractivity contribution in [1.82, 2.24) is 0 Å². The summed E-state index contributed by atoms with van der Waals surface area (Å²) >= 11 is 0. The maximum absolute atomic E-state index is 11.0. The molecule has 15 heavy (non-hydrogen) atoms. The molecule has 2 N–H and O–H groups in total. The molecule has 1 atom stereocenters. The molecular formula is C7H13O7P. The Balaban J connectivity index is 4.10. The van der Waals surface area contributed by atoms with E-state index in [1.165, 1.54) is 6.92 Å². The number of esters is 1. The summed E-state index contributed by atoms with van der Waals surface area (Å²) < 4.78 is 18.6. The van der Waals surface area contributed by atoms with E-state index in [-0.39, 0.29) is 12.0 Å². The molecule has 0 bridgehead atoms. The summed E-state index contributed by atoms with van der Waals surface area (Å²) in [4.78, 5) is 31.8. The van der Waals surface area contributed by atoms with Gasteiger partial charge >= 0.3 is 13.8 Å². The Bertz CT molecular complexity index is 281. The lowest BCUT2D eigenvalue weighted by Gasteiger charge is -2.15. The average molecular weight is 240 g/mol. The Morgan fingerprint density at radius 2 is 2.07 bits per heavy atom. The standard InChI is InChI=1S/C7H13O7P/c1-4-6(12-7(8)5(2)3)13-14-15(9,10)11/h6H,2,4H2,1,3H3,(H2,9,10,11). The molecule has 8 heteroatoms. The number of carbonyl (C=O) groups is 1. The topological polar surface area (TPSA) is 102 Å². The largest absolute Gasteiger partial charge is 0.497 e. The monoisotopic (exact) mass is 240 g/mol. The molecule has 88 valence electrons. The van der Waals surface area contributed by atoms with Crippen LogP contribution >= 0.6 is 7.82 Å². The summed E-state index contributed by atoms with van der Waals surface area (Å²) in [5, 5.41) is 0. The highest BCUT2D eigenvalue weighted by molar-refractivity contribution is 7.46. The smallest absolute Gasteiger partial charge is 0.430 e. The van der Waals surface area contributed by atoms with Crippen molar-refractivity contribution in [2.45, 2.75) is 26.6 Å². The Labute approximate surface area is 86.8 Å². The molecule has 0 aliphatic heterocycles. The van der Waals surface area contributed by atoms with E-state index in [1.54, 1.807) is 6.92 Å². The number of ether oxygens (including phenoxy) is 1. The molecule has 0 heterocycles. The zero-order chi connectivity index (χ0) is 12.1. The van der Waals surface area contributed by atoms with Crippen molar-refractivity contribution in [2.24, 2.45) is 0 Å². The molecule has 0 aromatic rings. The van der Waals surface area contributed by atoms with Gasteiger partial charge in [-0.15, -0.1) is 4.67 Å². The van der Waals surface area contributed by atoms with Crippen LogP contribution in [0, 0.1) is 0 Å². The second-order valence-corrected chi connectivity index (χ2v) is 3.82. The second kappa shape index (κ2) is 5.99. The van der Waals surface area contributed by atoms with Crippen LogP contribution in [0.25, 0.3) is 0 Å². The highest BCUT2D eigenvalue weighted by atomic mass is 31.2. The first-order valence-electron chi connectivity index (χ1n) is 4.03. The SMILES string of the molecule is C=C(C)C(=O)OC(CC)OOP(=O)(O)O. The van der Waals surface area contributed by atoms with Gasteiger partial charge in [0.15, 0.2) is 0 Å². The molecule has 0 saturated heterocycles. The van der Waals surface area contributed by atoms with E-state index in [1.807, 2.05) is 0 Å². The van der Waals surface area contributed by atoms with Crippen LogP contribution in [0.4, 0.5) is 0 Å². The predicted octanol–water partition coefficient (Wildman–Crippen LogP) is 0.883. The minimum Gasteiger partial charge on any atom is -0.430 e. The average Bonchev–Trinajstić information content (AvgIpc) is 2.10. The fourth-order valence-electron chi connectivity index (χ4n) is 0.495. The summed E-state index contributed by atoms with van der Waals surface area (Å²) in [6, 6.07) is 0. The fraction of sp³-hybridized carbons (Fsp3) is 0.571. The van der Waals surface area contributed by atoms with Crippen LogP contribution in [-0.2, 0) is 23.7 Å². The summed E-state index contributed by atoms with van der Waals surface area (Å²) in [6.45, 7) is 6.34. The minimum absolute atomic E-state index is 0.147. The third-order valence-corrected chi connectivity index (χ3v) is 1.45. The molecule has 0 spiro atoms. The van der Waals surface area contributed by atoms with Crippen LogP contribution in [0.3, 0.4) is 0 Å². The van der Waals surface area contributed by atoms with E-state index >= 15 is 0 Å². The van der Waals surface area contributed by atoms with Gasteiger partial charge in [0, 0.05) is 12.0 Å². The number of rotatable bonds is 6. The van der Waals surface area contributed by atoms with Gasteiger partial charge in [0.25, 0.3) is 0 Å². The molecule has 0 aliphatic carbocycles. The van der Waals surface area contributed by atoms with Crippen LogP contribution in [0.1, 0.15) is 20.3 Å². The summed E-state index contributed by atoms with van der Waals surface area (Å²) in [5.74, 6) is -0.726. The maximum atomic E-state index is 11.0. The molecule has 0 rings (SSSR count). The van der Waals surface area contributed by atoms with Crippen LogP contribution < -0.4 is 0 Å². The molecule has 0 aromatic carbocycles. The first-order chi connectivity index (χ1) is 6.76. The zero-order valence-corrected chi connectivity index (χ0v) is 9.27. The molecular weight excluding hydrogens is 227 g/mol. The third kappa shape index (κ3) is 7.24. The van der Waals surface area contributed by atoms with Crippen molar-refractivity contribution >= 4 is 13.8 Å². The normalized spacial score (nSPS) is 13.3. The highest BCUT2D eigenvalue weighted by Crippen LogP contribution is 2.36. The summed E-state index contributed by atoms with van der Waals surface area (Å²) in [5.41, 5.74) is 0.147. The molecule has 7 nitrogen and oxygen atoms in total. The molecule has 1 unspecified atom stereocenters. The van der Waals surface area contributed by atoms with Gasteiger partial charge in [-0.25, -0.2) is 9.36 Å². The van der Waals surface area contributed by atoms with E-state index in [0.29, 0.717) is 0 Å². The lowest BCUT2D eigenvalue weighted by atomic mass is 10.3. The van der Waals surface area contributed by atoms with Crippen molar-refractivity contribution in [1.29, 1.82) is 0 Å². The Hall–Kier alpha value is -0.720. The van der Waals surface area contributed by atoms with Crippen molar-refractivity contribution < 1.29 is 33.4 Å². The molecule has 0 radical (unpaired) electrons. The summed E-state index contributed by atoms with van der Waals surface area (Å²) in [7, 11) is -4.74. The number of carbonyl (C=O) groups excluding carboxylic acids is 1. The first-order valence-corrected chi connectivity index (χ1v) is 5.56. The zero-order valence-electron chi connectivity index (χ0n) is 8.37. The Morgan fingerprint density at radius 3 is 2.40 bits per heavy atom.